The number of hydrogen-bond donors (Lipinski definition) is 5. The summed E-state index contributed by atoms with van der Waals surface area (Å²) < 4.78 is 2.04. The second kappa shape index (κ2) is 12.2. The number of aromatic nitrogens is 2. The number of nitrogens with zero attached hydrogens (tertiary/aromatic N) is 3. The van der Waals surface area contributed by atoms with Crippen molar-refractivity contribution in [2.75, 3.05) is 18.4 Å². The van der Waals surface area contributed by atoms with Crippen LogP contribution in [0.15, 0.2) is 30.5 Å². The summed E-state index contributed by atoms with van der Waals surface area (Å²) in [6.45, 7) is 10.7. The summed E-state index contributed by atoms with van der Waals surface area (Å²) in [4.78, 5) is 49.9. The molecule has 1 aliphatic rings. The number of rotatable bonds is 9. The van der Waals surface area contributed by atoms with Crippen LogP contribution in [0.25, 0.3) is 5.65 Å². The van der Waals surface area contributed by atoms with Crippen LogP contribution in [0.1, 0.15) is 57.7 Å². The van der Waals surface area contributed by atoms with E-state index in [1.165, 1.54) is 16.7 Å². The summed E-state index contributed by atoms with van der Waals surface area (Å²) in [7, 11) is 0. The van der Waals surface area contributed by atoms with Gasteiger partial charge >= 0.3 is 17.9 Å². The molecule has 5 N–H and O–H groups in total. The van der Waals surface area contributed by atoms with Gasteiger partial charge in [0.25, 0.3) is 5.91 Å². The number of carbonyl (C=O) groups excluding carboxylic acids is 1. The van der Waals surface area contributed by atoms with Crippen LogP contribution in [-0.4, -0.2) is 77.2 Å². The minimum atomic E-state index is -2.74. The standard InChI is InChI=1S/C22H26N4O.C6H8O7/c1-14-7-5-8-15(2)19(14)12-23-20-11-18(22(27)25-9-6-10-25)13-26-17(4)16(3)24-21(20)26;7-3(8)1-6(13,5(11)12)2-4(9)10/h5,7-8,11,13,23H,6,9-10,12H2,1-4H3;13H,1-2H2,(H,7,8)(H,9,10)(H,11,12). The maximum Gasteiger partial charge on any atom is 0.336 e. The molecule has 12 nitrogen and oxygen atoms in total. The van der Waals surface area contributed by atoms with Crippen LogP contribution >= 0.6 is 0 Å². The maximum absolute atomic E-state index is 12.8. The fraction of sp³-hybridized carbons (Fsp3) is 0.393. The highest BCUT2D eigenvalue weighted by Crippen LogP contribution is 2.25. The first-order valence-electron chi connectivity index (χ1n) is 12.7. The third-order valence-corrected chi connectivity index (χ3v) is 6.97. The van der Waals surface area contributed by atoms with Crippen LogP contribution in [0.4, 0.5) is 5.69 Å². The Morgan fingerprint density at radius 3 is 2.02 bits per heavy atom. The molecule has 1 amide bonds. The van der Waals surface area contributed by atoms with Crippen LogP contribution in [0.5, 0.6) is 0 Å². The van der Waals surface area contributed by atoms with Crippen molar-refractivity contribution in [2.45, 2.75) is 59.1 Å². The second-order valence-corrected chi connectivity index (χ2v) is 9.97. The van der Waals surface area contributed by atoms with Crippen molar-refractivity contribution in [3.05, 3.63) is 64.1 Å². The molecule has 0 bridgehead atoms. The fourth-order valence-electron chi connectivity index (χ4n) is 4.35. The third-order valence-electron chi connectivity index (χ3n) is 6.97. The summed E-state index contributed by atoms with van der Waals surface area (Å²) in [6, 6.07) is 8.30. The first kappa shape index (κ1) is 30.1. The predicted molar refractivity (Wildman–Crippen MR) is 146 cm³/mol. The predicted octanol–water partition coefficient (Wildman–Crippen LogP) is 2.78. The molecule has 0 radical (unpaired) electrons. The number of carboxylic acid groups (broad SMARTS) is 3. The summed E-state index contributed by atoms with van der Waals surface area (Å²) in [5.74, 6) is -4.92. The van der Waals surface area contributed by atoms with Crippen molar-refractivity contribution in [1.82, 2.24) is 14.3 Å². The molecule has 2 aromatic heterocycles. The number of imidazole rings is 1. The van der Waals surface area contributed by atoms with Gasteiger partial charge in [-0.1, -0.05) is 18.2 Å². The SMILES string of the molecule is Cc1cccc(C)c1CNc1cc(C(=O)N2CCC2)cn2c(C)c(C)nc12.O=C(O)CC(O)(CC(=O)O)C(=O)O. The Bertz CT molecular complexity index is 1420. The molecule has 1 aromatic carbocycles. The van der Waals surface area contributed by atoms with E-state index >= 15 is 0 Å². The average molecular weight is 555 g/mol. The van der Waals surface area contributed by atoms with E-state index < -0.39 is 36.4 Å². The number of nitrogens with one attached hydrogen (secondary N) is 1. The van der Waals surface area contributed by atoms with Crippen LogP contribution < -0.4 is 5.32 Å². The molecule has 1 saturated heterocycles. The highest BCUT2D eigenvalue weighted by Gasteiger charge is 2.40. The Kier molecular flexibility index (Phi) is 9.15. The molecule has 1 fully saturated rings. The molecule has 1 aliphatic heterocycles. The molecule has 0 unspecified atom stereocenters. The Morgan fingerprint density at radius 1 is 0.975 bits per heavy atom. The number of hydrogen-bond acceptors (Lipinski definition) is 7. The zero-order chi connectivity index (χ0) is 29.8. The van der Waals surface area contributed by atoms with Crippen LogP contribution in [-0.2, 0) is 20.9 Å². The van der Waals surface area contributed by atoms with Gasteiger partial charge < -0.3 is 35.0 Å². The quantitative estimate of drug-likeness (QED) is 0.264. The molecule has 0 spiro atoms. The third kappa shape index (κ3) is 6.75. The zero-order valence-electron chi connectivity index (χ0n) is 22.9. The molecule has 3 heterocycles. The smallest absolute Gasteiger partial charge is 0.336 e. The number of carboxylic acids is 3. The van der Waals surface area contributed by atoms with Crippen LogP contribution in [0.2, 0.25) is 0 Å². The van der Waals surface area contributed by atoms with Gasteiger partial charge in [-0.2, -0.15) is 0 Å². The minimum absolute atomic E-state index is 0.101. The fourth-order valence-corrected chi connectivity index (χ4v) is 4.35. The first-order chi connectivity index (χ1) is 18.7. The maximum atomic E-state index is 12.8. The van der Waals surface area contributed by atoms with Gasteiger partial charge in [-0.05, 0) is 56.9 Å². The van der Waals surface area contributed by atoms with Gasteiger partial charge in [0.2, 0.25) is 0 Å². The van der Waals surface area contributed by atoms with Gasteiger partial charge in [-0.25, -0.2) is 9.78 Å². The van der Waals surface area contributed by atoms with E-state index in [0.717, 1.165) is 42.2 Å². The molecule has 0 aliphatic carbocycles. The molecule has 40 heavy (non-hydrogen) atoms. The second-order valence-electron chi connectivity index (χ2n) is 9.97. The normalized spacial score (nSPS) is 12.8. The van der Waals surface area contributed by atoms with Crippen molar-refractivity contribution in [2.24, 2.45) is 0 Å². The number of aryl methyl sites for hydroxylation is 4. The monoisotopic (exact) mass is 554 g/mol. The van der Waals surface area contributed by atoms with Gasteiger partial charge in [0.05, 0.1) is 29.8 Å². The number of anilines is 1. The van der Waals surface area contributed by atoms with Crippen molar-refractivity contribution in [1.29, 1.82) is 0 Å². The van der Waals surface area contributed by atoms with Gasteiger partial charge in [-0.3, -0.25) is 14.4 Å². The van der Waals surface area contributed by atoms with Gasteiger partial charge in [0.15, 0.2) is 11.2 Å². The molecule has 4 rings (SSSR count). The molecular formula is C28H34N4O8. The lowest BCUT2D eigenvalue weighted by Gasteiger charge is -2.31. The zero-order valence-corrected chi connectivity index (χ0v) is 22.9. The van der Waals surface area contributed by atoms with E-state index in [0.29, 0.717) is 12.1 Å². The molecule has 0 atom stereocenters. The van der Waals surface area contributed by atoms with Crippen molar-refractivity contribution in [3.8, 4) is 0 Å². The lowest BCUT2D eigenvalue weighted by Crippen LogP contribution is -2.42. The minimum Gasteiger partial charge on any atom is -0.481 e. The van der Waals surface area contributed by atoms with E-state index in [2.05, 4.69) is 37.4 Å². The molecule has 3 aromatic rings. The van der Waals surface area contributed by atoms with E-state index in [1.807, 2.05) is 35.4 Å². The number of aliphatic carboxylic acids is 3. The molecule has 0 saturated carbocycles. The topological polar surface area (TPSA) is 182 Å². The largest absolute Gasteiger partial charge is 0.481 e. The Morgan fingerprint density at radius 2 is 1.55 bits per heavy atom. The first-order valence-corrected chi connectivity index (χ1v) is 12.7. The van der Waals surface area contributed by atoms with E-state index in [-0.39, 0.29) is 5.91 Å². The van der Waals surface area contributed by atoms with E-state index in [4.69, 9.17) is 25.4 Å². The van der Waals surface area contributed by atoms with E-state index in [1.54, 1.807) is 0 Å². The lowest BCUT2D eigenvalue weighted by atomic mass is 9.96. The number of amides is 1. The molecular weight excluding hydrogens is 520 g/mol. The number of pyridine rings is 1. The van der Waals surface area contributed by atoms with Crippen molar-refractivity contribution < 1.29 is 39.6 Å². The Labute approximate surface area is 230 Å². The van der Waals surface area contributed by atoms with Crippen LogP contribution in [0, 0.1) is 27.7 Å². The Hall–Kier alpha value is -4.45. The number of benzene rings is 1. The van der Waals surface area contributed by atoms with Crippen molar-refractivity contribution >= 4 is 35.1 Å². The molecule has 214 valence electrons. The van der Waals surface area contributed by atoms with Gasteiger partial charge in [0, 0.05) is 31.5 Å². The Balaban J connectivity index is 0.000000289. The number of carbonyl (C=O) groups is 4. The van der Waals surface area contributed by atoms with Crippen LogP contribution in [0.3, 0.4) is 0 Å². The number of aliphatic hydroxyl groups is 1. The number of likely N-dealkylation sites (tertiary alicyclic amines) is 1. The van der Waals surface area contributed by atoms with E-state index in [9.17, 15) is 19.2 Å². The number of fused-ring (bicyclic) bond motifs is 1. The van der Waals surface area contributed by atoms with Gasteiger partial charge in [-0.15, -0.1) is 0 Å². The summed E-state index contributed by atoms with van der Waals surface area (Å²) >= 11 is 0. The average Bonchev–Trinajstić information content (AvgIpc) is 3.10. The summed E-state index contributed by atoms with van der Waals surface area (Å²) in [5, 5.41) is 37.4. The molecule has 12 heteroatoms. The highest BCUT2D eigenvalue weighted by molar-refractivity contribution is 5.96. The lowest BCUT2D eigenvalue weighted by molar-refractivity contribution is -0.170. The highest BCUT2D eigenvalue weighted by atomic mass is 16.4. The van der Waals surface area contributed by atoms with Crippen molar-refractivity contribution in [3.63, 3.8) is 0 Å². The van der Waals surface area contributed by atoms with Gasteiger partial charge in [0.1, 0.15) is 0 Å². The summed E-state index contributed by atoms with van der Waals surface area (Å²) in [5.41, 5.74) is 5.62. The summed E-state index contributed by atoms with van der Waals surface area (Å²) in [6.07, 6.45) is 0.730.